The highest BCUT2D eigenvalue weighted by molar-refractivity contribution is 5.23. The van der Waals surface area contributed by atoms with Crippen LogP contribution in [0.1, 0.15) is 24.2 Å². The van der Waals surface area contributed by atoms with Crippen molar-refractivity contribution in [2.24, 2.45) is 0 Å². The normalized spacial score (nSPS) is 15.6. The Balaban J connectivity index is 2.50. The number of alkyl halides is 3. The van der Waals surface area contributed by atoms with E-state index in [4.69, 9.17) is 0 Å². The lowest BCUT2D eigenvalue weighted by molar-refractivity contribution is -0.219. The van der Waals surface area contributed by atoms with Gasteiger partial charge in [0.1, 0.15) is 6.10 Å². The quantitative estimate of drug-likeness (QED) is 0.887. The first-order valence-corrected chi connectivity index (χ1v) is 5.23. The Labute approximate surface area is 98.0 Å². The molecule has 1 aromatic carbocycles. The molecule has 0 aliphatic carbocycles. The van der Waals surface area contributed by atoms with Crippen LogP contribution in [-0.2, 0) is 4.74 Å². The van der Waals surface area contributed by atoms with E-state index in [1.54, 1.807) is 24.3 Å². The number of hydrogen-bond donors (Lipinski definition) is 1. The van der Waals surface area contributed by atoms with Crippen LogP contribution in [0.5, 0.6) is 0 Å². The number of aryl methyl sites for hydroxylation is 1. The molecular formula is C12H15F3O2. The molecular weight excluding hydrogens is 233 g/mol. The van der Waals surface area contributed by atoms with E-state index >= 15 is 0 Å². The van der Waals surface area contributed by atoms with E-state index in [-0.39, 0.29) is 6.61 Å². The third-order valence-corrected chi connectivity index (χ3v) is 2.43. The SMILES string of the molecule is Cc1ccc(C(O)COC(C)C(F)(F)F)cc1. The number of benzene rings is 1. The second kappa shape index (κ2) is 5.51. The molecule has 2 atom stereocenters. The summed E-state index contributed by atoms with van der Waals surface area (Å²) in [5, 5.41) is 9.63. The first-order valence-electron chi connectivity index (χ1n) is 5.23. The molecule has 0 spiro atoms. The predicted molar refractivity (Wildman–Crippen MR) is 57.6 cm³/mol. The molecule has 0 saturated heterocycles. The number of halogens is 3. The molecule has 0 fully saturated rings. The molecule has 1 rings (SSSR count). The average Bonchev–Trinajstić information content (AvgIpc) is 2.25. The lowest BCUT2D eigenvalue weighted by Crippen LogP contribution is -2.30. The number of aliphatic hydroxyl groups is 1. The smallest absolute Gasteiger partial charge is 0.386 e. The van der Waals surface area contributed by atoms with Crippen LogP contribution in [0.25, 0.3) is 0 Å². The third-order valence-electron chi connectivity index (χ3n) is 2.43. The van der Waals surface area contributed by atoms with E-state index in [0.717, 1.165) is 12.5 Å². The Hall–Kier alpha value is -1.07. The minimum Gasteiger partial charge on any atom is -0.386 e. The van der Waals surface area contributed by atoms with Gasteiger partial charge in [-0.2, -0.15) is 13.2 Å². The van der Waals surface area contributed by atoms with Crippen LogP contribution < -0.4 is 0 Å². The largest absolute Gasteiger partial charge is 0.414 e. The summed E-state index contributed by atoms with van der Waals surface area (Å²) in [4.78, 5) is 0. The summed E-state index contributed by atoms with van der Waals surface area (Å²) in [6.45, 7) is 2.43. The minimum absolute atomic E-state index is 0.371. The fourth-order valence-electron chi connectivity index (χ4n) is 1.21. The van der Waals surface area contributed by atoms with Gasteiger partial charge in [-0.3, -0.25) is 0 Å². The molecule has 1 aromatic rings. The Morgan fingerprint density at radius 1 is 1.24 bits per heavy atom. The van der Waals surface area contributed by atoms with Gasteiger partial charge in [0, 0.05) is 0 Å². The van der Waals surface area contributed by atoms with E-state index < -0.39 is 18.4 Å². The molecule has 2 nitrogen and oxygen atoms in total. The van der Waals surface area contributed by atoms with Gasteiger partial charge < -0.3 is 9.84 Å². The van der Waals surface area contributed by atoms with Gasteiger partial charge in [0.25, 0.3) is 0 Å². The Bertz CT molecular complexity index is 346. The molecule has 0 aliphatic heterocycles. The Morgan fingerprint density at radius 2 is 1.76 bits per heavy atom. The van der Waals surface area contributed by atoms with Crippen LogP contribution in [0, 0.1) is 6.92 Å². The van der Waals surface area contributed by atoms with Gasteiger partial charge in [-0.1, -0.05) is 29.8 Å². The van der Waals surface area contributed by atoms with Crippen molar-refractivity contribution < 1.29 is 23.0 Å². The van der Waals surface area contributed by atoms with Crippen molar-refractivity contribution in [1.82, 2.24) is 0 Å². The number of hydrogen-bond acceptors (Lipinski definition) is 2. The summed E-state index contributed by atoms with van der Waals surface area (Å²) >= 11 is 0. The van der Waals surface area contributed by atoms with Gasteiger partial charge in [0.15, 0.2) is 6.10 Å². The average molecular weight is 248 g/mol. The zero-order chi connectivity index (χ0) is 13.1. The molecule has 0 radical (unpaired) electrons. The maximum Gasteiger partial charge on any atom is 0.414 e. The highest BCUT2D eigenvalue weighted by atomic mass is 19.4. The molecule has 0 aromatic heterocycles. The van der Waals surface area contributed by atoms with Crippen LogP contribution in [0.4, 0.5) is 13.2 Å². The highest BCUT2D eigenvalue weighted by Crippen LogP contribution is 2.24. The summed E-state index contributed by atoms with van der Waals surface area (Å²) in [5.41, 5.74) is 1.57. The van der Waals surface area contributed by atoms with Crippen molar-refractivity contribution in [3.63, 3.8) is 0 Å². The molecule has 17 heavy (non-hydrogen) atoms. The second-order valence-electron chi connectivity index (χ2n) is 3.94. The summed E-state index contributed by atoms with van der Waals surface area (Å²) in [6, 6.07) is 6.90. The van der Waals surface area contributed by atoms with Crippen molar-refractivity contribution in [3.8, 4) is 0 Å². The topological polar surface area (TPSA) is 29.5 Å². The van der Waals surface area contributed by atoms with Crippen molar-refractivity contribution in [1.29, 1.82) is 0 Å². The van der Waals surface area contributed by atoms with Crippen LogP contribution in [0.15, 0.2) is 24.3 Å². The fraction of sp³-hybridized carbons (Fsp3) is 0.500. The molecule has 1 N–H and O–H groups in total. The van der Waals surface area contributed by atoms with Gasteiger partial charge >= 0.3 is 6.18 Å². The molecule has 5 heteroatoms. The van der Waals surface area contributed by atoms with E-state index in [1.807, 2.05) is 6.92 Å². The lowest BCUT2D eigenvalue weighted by atomic mass is 10.1. The van der Waals surface area contributed by atoms with Gasteiger partial charge in [0.2, 0.25) is 0 Å². The zero-order valence-electron chi connectivity index (χ0n) is 9.66. The molecule has 0 amide bonds. The summed E-state index contributed by atoms with van der Waals surface area (Å²) < 4.78 is 41.0. The Morgan fingerprint density at radius 3 is 2.24 bits per heavy atom. The van der Waals surface area contributed by atoms with Crippen molar-refractivity contribution >= 4 is 0 Å². The predicted octanol–water partition coefficient (Wildman–Crippen LogP) is 3.00. The van der Waals surface area contributed by atoms with Gasteiger partial charge in [-0.15, -0.1) is 0 Å². The van der Waals surface area contributed by atoms with Crippen LogP contribution in [0.2, 0.25) is 0 Å². The fourth-order valence-corrected chi connectivity index (χ4v) is 1.21. The minimum atomic E-state index is -4.40. The molecule has 0 saturated carbocycles. The van der Waals surface area contributed by atoms with Gasteiger partial charge in [-0.25, -0.2) is 0 Å². The summed E-state index contributed by atoms with van der Waals surface area (Å²) in [6.07, 6.45) is -7.31. The first kappa shape index (κ1) is 14.0. The summed E-state index contributed by atoms with van der Waals surface area (Å²) in [7, 11) is 0. The standard InChI is InChI=1S/C12H15F3O2/c1-8-3-5-10(6-4-8)11(16)7-17-9(2)12(13,14)15/h3-6,9,11,16H,7H2,1-2H3. The van der Waals surface area contributed by atoms with Crippen molar-refractivity contribution in [2.45, 2.75) is 32.2 Å². The summed E-state index contributed by atoms with van der Waals surface area (Å²) in [5.74, 6) is 0. The number of rotatable bonds is 4. The first-order chi connectivity index (χ1) is 7.80. The molecule has 96 valence electrons. The van der Waals surface area contributed by atoms with Crippen LogP contribution in [0.3, 0.4) is 0 Å². The maximum absolute atomic E-state index is 12.1. The van der Waals surface area contributed by atoms with Gasteiger partial charge in [-0.05, 0) is 19.4 Å². The Kier molecular flexibility index (Phi) is 4.54. The molecule has 0 bridgehead atoms. The monoisotopic (exact) mass is 248 g/mol. The van der Waals surface area contributed by atoms with Crippen LogP contribution >= 0.6 is 0 Å². The zero-order valence-corrected chi connectivity index (χ0v) is 9.66. The molecule has 2 unspecified atom stereocenters. The van der Waals surface area contributed by atoms with Gasteiger partial charge in [0.05, 0.1) is 6.61 Å². The third kappa shape index (κ3) is 4.36. The van der Waals surface area contributed by atoms with E-state index in [2.05, 4.69) is 4.74 Å². The van der Waals surface area contributed by atoms with Crippen molar-refractivity contribution in [3.05, 3.63) is 35.4 Å². The van der Waals surface area contributed by atoms with E-state index in [9.17, 15) is 18.3 Å². The number of aliphatic hydroxyl groups excluding tert-OH is 1. The van der Waals surface area contributed by atoms with Crippen molar-refractivity contribution in [2.75, 3.05) is 6.61 Å². The van der Waals surface area contributed by atoms with E-state index in [1.165, 1.54) is 0 Å². The molecule has 0 aliphatic rings. The lowest BCUT2D eigenvalue weighted by Gasteiger charge is -2.19. The second-order valence-corrected chi connectivity index (χ2v) is 3.94. The number of ether oxygens (including phenoxy) is 1. The van der Waals surface area contributed by atoms with Crippen LogP contribution in [-0.4, -0.2) is 24.0 Å². The highest BCUT2D eigenvalue weighted by Gasteiger charge is 2.37. The maximum atomic E-state index is 12.1. The molecule has 0 heterocycles. The van der Waals surface area contributed by atoms with E-state index in [0.29, 0.717) is 5.56 Å².